The largest absolute Gasteiger partial charge is 0.404 e. The minimum atomic E-state index is -2.65. The molecule has 26 heavy (non-hydrogen) atoms. The molecule has 0 fully saturated rings. The molecule has 0 aliphatic heterocycles. The van der Waals surface area contributed by atoms with E-state index in [-0.39, 0.29) is 11.6 Å². The molecule has 0 spiro atoms. The van der Waals surface area contributed by atoms with Gasteiger partial charge in [-0.25, -0.2) is 4.39 Å². The maximum absolute atomic E-state index is 14.0. The van der Waals surface area contributed by atoms with E-state index in [1.165, 1.54) is 6.08 Å². The van der Waals surface area contributed by atoms with Crippen LogP contribution in [0.3, 0.4) is 0 Å². The first-order valence-electron chi connectivity index (χ1n) is 9.11. The van der Waals surface area contributed by atoms with Crippen LogP contribution in [-0.2, 0) is 4.43 Å². The molecule has 0 aromatic heterocycles. The highest BCUT2D eigenvalue weighted by Crippen LogP contribution is 2.36. The summed E-state index contributed by atoms with van der Waals surface area (Å²) in [5.41, 5.74) is 0. The van der Waals surface area contributed by atoms with Gasteiger partial charge in [-0.3, -0.25) is 0 Å². The summed E-state index contributed by atoms with van der Waals surface area (Å²) < 4.78 is 20.6. The molecule has 0 saturated carbocycles. The SMILES string of the molecule is CCC(O)C(F)=CCO[Si](c1ccccc1)(c1ccccc1)C(C)(C)C. The van der Waals surface area contributed by atoms with Gasteiger partial charge in [0.05, 0.1) is 6.61 Å². The summed E-state index contributed by atoms with van der Waals surface area (Å²) in [5.74, 6) is -0.523. The van der Waals surface area contributed by atoms with Crippen molar-refractivity contribution in [2.45, 2.75) is 45.3 Å². The Bertz CT molecular complexity index is 668. The van der Waals surface area contributed by atoms with Gasteiger partial charge in [-0.1, -0.05) is 88.4 Å². The Morgan fingerprint density at radius 2 is 1.50 bits per heavy atom. The molecule has 0 heterocycles. The summed E-state index contributed by atoms with van der Waals surface area (Å²) in [6.07, 6.45) is 0.660. The highest BCUT2D eigenvalue weighted by atomic mass is 28.4. The van der Waals surface area contributed by atoms with Gasteiger partial charge in [-0.05, 0) is 27.9 Å². The highest BCUT2D eigenvalue weighted by molar-refractivity contribution is 6.99. The third-order valence-electron chi connectivity index (χ3n) is 4.70. The molecule has 0 bridgehead atoms. The number of aliphatic hydroxyl groups excluding tert-OH is 1. The first-order valence-corrected chi connectivity index (χ1v) is 11.0. The van der Waals surface area contributed by atoms with Gasteiger partial charge in [0.1, 0.15) is 11.9 Å². The molecule has 4 heteroatoms. The zero-order valence-corrected chi connectivity index (χ0v) is 17.1. The Balaban J connectivity index is 2.51. The van der Waals surface area contributed by atoms with Crippen LogP contribution in [0.1, 0.15) is 34.1 Å². The van der Waals surface area contributed by atoms with Crippen molar-refractivity contribution >= 4 is 18.7 Å². The van der Waals surface area contributed by atoms with Crippen LogP contribution < -0.4 is 10.4 Å². The molecule has 0 saturated heterocycles. The zero-order chi connectivity index (χ0) is 19.2. The van der Waals surface area contributed by atoms with E-state index in [1.54, 1.807) is 6.92 Å². The summed E-state index contributed by atoms with van der Waals surface area (Å²) in [5, 5.41) is 11.8. The van der Waals surface area contributed by atoms with Crippen LogP contribution in [0, 0.1) is 0 Å². The summed E-state index contributed by atoms with van der Waals surface area (Å²) in [6.45, 7) is 8.43. The van der Waals surface area contributed by atoms with Gasteiger partial charge >= 0.3 is 0 Å². The van der Waals surface area contributed by atoms with Crippen LogP contribution in [0.15, 0.2) is 72.6 Å². The first kappa shape index (κ1) is 20.6. The molecule has 0 radical (unpaired) electrons. The Morgan fingerprint density at radius 1 is 1.04 bits per heavy atom. The van der Waals surface area contributed by atoms with Gasteiger partial charge in [0.15, 0.2) is 0 Å². The van der Waals surface area contributed by atoms with Gasteiger partial charge in [0.25, 0.3) is 8.32 Å². The molecule has 1 atom stereocenters. The van der Waals surface area contributed by atoms with Crippen molar-refractivity contribution in [2.75, 3.05) is 6.61 Å². The number of hydrogen-bond acceptors (Lipinski definition) is 2. The van der Waals surface area contributed by atoms with Gasteiger partial charge in [0.2, 0.25) is 0 Å². The van der Waals surface area contributed by atoms with Crippen molar-refractivity contribution in [3.8, 4) is 0 Å². The average Bonchev–Trinajstić information content (AvgIpc) is 2.64. The smallest absolute Gasteiger partial charge is 0.261 e. The van der Waals surface area contributed by atoms with Crippen molar-refractivity contribution in [2.24, 2.45) is 0 Å². The second kappa shape index (κ2) is 8.76. The Morgan fingerprint density at radius 3 is 1.88 bits per heavy atom. The highest BCUT2D eigenvalue weighted by Gasteiger charge is 2.49. The first-order chi connectivity index (χ1) is 12.3. The summed E-state index contributed by atoms with van der Waals surface area (Å²) in [7, 11) is -2.65. The number of aliphatic hydroxyl groups is 1. The lowest BCUT2D eigenvalue weighted by molar-refractivity contribution is 0.176. The van der Waals surface area contributed by atoms with Crippen molar-refractivity contribution in [3.63, 3.8) is 0 Å². The third kappa shape index (κ3) is 4.31. The second-order valence-electron chi connectivity index (χ2n) is 7.49. The van der Waals surface area contributed by atoms with Crippen LogP contribution in [0.25, 0.3) is 0 Å². The van der Waals surface area contributed by atoms with Gasteiger partial charge in [-0.15, -0.1) is 0 Å². The van der Waals surface area contributed by atoms with E-state index in [9.17, 15) is 9.50 Å². The normalized spacial score (nSPS) is 14.3. The lowest BCUT2D eigenvalue weighted by atomic mass is 10.2. The third-order valence-corrected chi connectivity index (χ3v) is 9.70. The molecule has 2 aromatic rings. The minimum Gasteiger partial charge on any atom is -0.404 e. The minimum absolute atomic E-state index is 0.135. The molecule has 2 aromatic carbocycles. The Hall–Kier alpha value is -1.75. The van der Waals surface area contributed by atoms with Crippen molar-refractivity contribution in [1.82, 2.24) is 0 Å². The molecule has 0 aliphatic rings. The lowest BCUT2D eigenvalue weighted by Gasteiger charge is -2.42. The number of hydrogen-bond donors (Lipinski definition) is 1. The van der Waals surface area contributed by atoms with Crippen LogP contribution in [0.2, 0.25) is 5.04 Å². The van der Waals surface area contributed by atoms with E-state index in [1.807, 2.05) is 36.4 Å². The van der Waals surface area contributed by atoms with E-state index in [0.29, 0.717) is 6.42 Å². The molecule has 2 nitrogen and oxygen atoms in total. The summed E-state index contributed by atoms with van der Waals surface area (Å²) in [4.78, 5) is 0. The predicted molar refractivity (Wildman–Crippen MR) is 109 cm³/mol. The van der Waals surface area contributed by atoms with E-state index in [2.05, 4.69) is 45.0 Å². The monoisotopic (exact) mass is 372 g/mol. The van der Waals surface area contributed by atoms with Gasteiger partial charge in [-0.2, -0.15) is 0 Å². The van der Waals surface area contributed by atoms with Crippen LogP contribution >= 0.6 is 0 Å². The van der Waals surface area contributed by atoms with E-state index < -0.39 is 20.2 Å². The quantitative estimate of drug-likeness (QED) is 0.739. The fraction of sp³-hybridized carbons (Fsp3) is 0.364. The topological polar surface area (TPSA) is 29.5 Å². The van der Waals surface area contributed by atoms with E-state index >= 15 is 0 Å². The van der Waals surface area contributed by atoms with E-state index in [0.717, 1.165) is 10.4 Å². The molecule has 2 rings (SSSR count). The molecule has 1 N–H and O–H groups in total. The summed E-state index contributed by atoms with van der Waals surface area (Å²) in [6, 6.07) is 20.5. The van der Waals surface area contributed by atoms with Crippen molar-refractivity contribution in [1.29, 1.82) is 0 Å². The van der Waals surface area contributed by atoms with Crippen LogP contribution in [0.5, 0.6) is 0 Å². The molecule has 0 amide bonds. The maximum Gasteiger partial charge on any atom is 0.261 e. The van der Waals surface area contributed by atoms with Crippen molar-refractivity contribution < 1.29 is 13.9 Å². The number of halogens is 1. The Labute approximate surface area is 157 Å². The summed E-state index contributed by atoms with van der Waals surface area (Å²) >= 11 is 0. The lowest BCUT2D eigenvalue weighted by Crippen LogP contribution is -2.66. The number of rotatable bonds is 7. The predicted octanol–water partition coefficient (Wildman–Crippen LogP) is 4.19. The standard InChI is InChI=1S/C22H29FO2Si/c1-5-21(24)20(23)16-17-25-26(22(2,3)4,18-12-8-6-9-13-18)19-14-10-7-11-15-19/h6-16,21,24H,5,17H2,1-4H3. The van der Waals surface area contributed by atoms with Crippen LogP contribution in [0.4, 0.5) is 4.39 Å². The van der Waals surface area contributed by atoms with E-state index in [4.69, 9.17) is 4.43 Å². The van der Waals surface area contributed by atoms with Crippen LogP contribution in [-0.4, -0.2) is 26.1 Å². The number of benzene rings is 2. The Kier molecular flexibility index (Phi) is 6.92. The zero-order valence-electron chi connectivity index (χ0n) is 16.1. The molecule has 140 valence electrons. The van der Waals surface area contributed by atoms with Gasteiger partial charge < -0.3 is 9.53 Å². The average molecular weight is 373 g/mol. The molecule has 0 aliphatic carbocycles. The molecular formula is C22H29FO2Si. The van der Waals surface area contributed by atoms with Crippen molar-refractivity contribution in [3.05, 3.63) is 72.6 Å². The fourth-order valence-electron chi connectivity index (χ4n) is 3.34. The maximum atomic E-state index is 14.0. The van der Waals surface area contributed by atoms with Gasteiger partial charge in [0, 0.05) is 0 Å². The molecular weight excluding hydrogens is 343 g/mol. The fourth-order valence-corrected chi connectivity index (χ4v) is 7.83. The molecule has 1 unspecified atom stereocenters. The second-order valence-corrected chi connectivity index (χ2v) is 11.8.